The first-order chi connectivity index (χ1) is 9.48. The summed E-state index contributed by atoms with van der Waals surface area (Å²) in [6.07, 6.45) is 0. The van der Waals surface area contributed by atoms with E-state index in [1.807, 2.05) is 29.2 Å². The molecule has 0 saturated carbocycles. The highest BCUT2D eigenvalue weighted by Crippen LogP contribution is 2.26. The van der Waals surface area contributed by atoms with Gasteiger partial charge in [0.1, 0.15) is 5.75 Å². The van der Waals surface area contributed by atoms with Crippen LogP contribution < -0.4 is 10.1 Å². The van der Waals surface area contributed by atoms with Crippen LogP contribution in [0.1, 0.15) is 5.56 Å². The number of methoxy groups -OCH3 is 1. The van der Waals surface area contributed by atoms with Crippen LogP contribution in [0, 0.1) is 0 Å². The summed E-state index contributed by atoms with van der Waals surface area (Å²) >= 11 is 5.31. The molecule has 1 N–H and O–H groups in total. The Morgan fingerprint density at radius 1 is 1.35 bits per heavy atom. The summed E-state index contributed by atoms with van der Waals surface area (Å²) in [7, 11) is -1.32. The van der Waals surface area contributed by atoms with E-state index in [1.165, 1.54) is 0 Å². The molecule has 5 nitrogen and oxygen atoms in total. The van der Waals surface area contributed by atoms with Gasteiger partial charge in [-0.3, -0.25) is 0 Å². The normalized spacial score (nSPS) is 27.2. The van der Waals surface area contributed by atoms with Crippen LogP contribution in [0.25, 0.3) is 0 Å². The maximum Gasteiger partial charge on any atom is 0.169 e. The van der Waals surface area contributed by atoms with Crippen molar-refractivity contribution in [3.05, 3.63) is 29.8 Å². The summed E-state index contributed by atoms with van der Waals surface area (Å²) < 4.78 is 28.5. The fraction of sp³-hybridized carbons (Fsp3) is 0.462. The summed E-state index contributed by atoms with van der Waals surface area (Å²) in [5, 5.41) is 3.76. The van der Waals surface area contributed by atoms with Crippen LogP contribution in [0.5, 0.6) is 5.75 Å². The largest absolute Gasteiger partial charge is 0.497 e. The lowest BCUT2D eigenvalue weighted by molar-refractivity contribution is 0.348. The van der Waals surface area contributed by atoms with Crippen LogP contribution >= 0.6 is 12.2 Å². The molecule has 2 unspecified atom stereocenters. The van der Waals surface area contributed by atoms with Gasteiger partial charge in [0.05, 0.1) is 30.7 Å². The summed E-state index contributed by atoms with van der Waals surface area (Å²) in [5.41, 5.74) is 1.08. The zero-order chi connectivity index (χ0) is 14.3. The highest BCUT2D eigenvalue weighted by molar-refractivity contribution is 7.91. The molecule has 2 saturated heterocycles. The average Bonchev–Trinajstić information content (AvgIpc) is 2.84. The number of hydrogen-bond acceptors (Lipinski definition) is 4. The van der Waals surface area contributed by atoms with E-state index in [1.54, 1.807) is 7.11 Å². The van der Waals surface area contributed by atoms with E-state index in [2.05, 4.69) is 5.32 Å². The Kier molecular flexibility index (Phi) is 3.33. The zero-order valence-electron chi connectivity index (χ0n) is 11.1. The standard InChI is InChI=1S/C13H16N2O3S2/c1-18-10-4-2-9(3-5-10)6-15-12-8-20(16,17)7-11(12)14-13(15)19/h2-5,11-12H,6-8H2,1H3,(H,14,19). The van der Waals surface area contributed by atoms with Gasteiger partial charge in [0.15, 0.2) is 14.9 Å². The van der Waals surface area contributed by atoms with Gasteiger partial charge < -0.3 is 15.0 Å². The van der Waals surface area contributed by atoms with E-state index >= 15 is 0 Å². The van der Waals surface area contributed by atoms with E-state index in [9.17, 15) is 8.42 Å². The van der Waals surface area contributed by atoms with Gasteiger partial charge in [-0.25, -0.2) is 8.42 Å². The molecule has 0 radical (unpaired) electrons. The Labute approximate surface area is 123 Å². The van der Waals surface area contributed by atoms with E-state index in [0.29, 0.717) is 11.7 Å². The fourth-order valence-electron chi connectivity index (χ4n) is 2.78. The Morgan fingerprint density at radius 2 is 2.05 bits per heavy atom. The summed E-state index contributed by atoms with van der Waals surface area (Å²) in [6, 6.07) is 7.62. The summed E-state index contributed by atoms with van der Waals surface area (Å²) in [4.78, 5) is 1.98. The lowest BCUT2D eigenvalue weighted by atomic mass is 10.1. The molecule has 2 atom stereocenters. The molecule has 1 aromatic rings. The number of nitrogens with one attached hydrogen (secondary N) is 1. The number of rotatable bonds is 3. The second-order valence-electron chi connectivity index (χ2n) is 5.18. The molecule has 0 bridgehead atoms. The highest BCUT2D eigenvalue weighted by Gasteiger charge is 2.46. The number of sulfone groups is 1. The van der Waals surface area contributed by atoms with Crippen molar-refractivity contribution >= 4 is 27.2 Å². The van der Waals surface area contributed by atoms with Crippen molar-refractivity contribution in [2.24, 2.45) is 0 Å². The molecule has 1 aromatic carbocycles. The Bertz CT molecular complexity index is 628. The summed E-state index contributed by atoms with van der Waals surface area (Å²) in [5.74, 6) is 1.16. The fourth-order valence-corrected chi connectivity index (χ4v) is 5.06. The minimum atomic E-state index is -2.95. The smallest absolute Gasteiger partial charge is 0.169 e. The molecule has 0 aliphatic carbocycles. The maximum absolute atomic E-state index is 11.7. The molecule has 2 aliphatic heterocycles. The van der Waals surface area contributed by atoms with Gasteiger partial charge in [0, 0.05) is 6.54 Å². The molecule has 3 rings (SSSR count). The first kappa shape index (κ1) is 13.6. The minimum Gasteiger partial charge on any atom is -0.497 e. The van der Waals surface area contributed by atoms with Crippen LogP contribution in [0.2, 0.25) is 0 Å². The molecular weight excluding hydrogens is 296 g/mol. The second-order valence-corrected chi connectivity index (χ2v) is 7.72. The molecule has 2 heterocycles. The number of benzene rings is 1. The van der Waals surface area contributed by atoms with Crippen molar-refractivity contribution in [1.82, 2.24) is 10.2 Å². The third-order valence-corrected chi connectivity index (χ3v) is 5.87. The lowest BCUT2D eigenvalue weighted by Crippen LogP contribution is -2.36. The third kappa shape index (κ3) is 2.47. The Hall–Kier alpha value is -1.34. The lowest BCUT2D eigenvalue weighted by Gasteiger charge is -2.23. The molecule has 108 valence electrons. The Morgan fingerprint density at radius 3 is 2.70 bits per heavy atom. The van der Waals surface area contributed by atoms with Crippen LogP contribution in [0.3, 0.4) is 0 Å². The molecule has 2 fully saturated rings. The van der Waals surface area contributed by atoms with Gasteiger partial charge in [-0.05, 0) is 29.9 Å². The van der Waals surface area contributed by atoms with Crippen LogP contribution in [0.15, 0.2) is 24.3 Å². The number of fused-ring (bicyclic) bond motifs is 1. The first-order valence-electron chi connectivity index (χ1n) is 6.39. The van der Waals surface area contributed by atoms with Crippen molar-refractivity contribution in [2.75, 3.05) is 18.6 Å². The van der Waals surface area contributed by atoms with Gasteiger partial charge in [0.25, 0.3) is 0 Å². The van der Waals surface area contributed by atoms with Crippen LogP contribution in [-0.4, -0.2) is 49.1 Å². The molecule has 2 aliphatic rings. The number of ether oxygens (including phenoxy) is 1. The zero-order valence-corrected chi connectivity index (χ0v) is 12.7. The minimum absolute atomic E-state index is 0.0467. The van der Waals surface area contributed by atoms with Gasteiger partial charge in [0.2, 0.25) is 0 Å². The van der Waals surface area contributed by atoms with Gasteiger partial charge in [-0.15, -0.1) is 0 Å². The van der Waals surface area contributed by atoms with Crippen LogP contribution in [-0.2, 0) is 16.4 Å². The van der Waals surface area contributed by atoms with Gasteiger partial charge in [-0.1, -0.05) is 12.1 Å². The molecule has 0 spiro atoms. The van der Waals surface area contributed by atoms with Gasteiger partial charge in [-0.2, -0.15) is 0 Å². The maximum atomic E-state index is 11.7. The SMILES string of the molecule is COc1ccc(CN2C(=S)NC3CS(=O)(=O)CC32)cc1. The second kappa shape index (κ2) is 4.89. The van der Waals surface area contributed by atoms with Crippen molar-refractivity contribution in [3.8, 4) is 5.75 Å². The highest BCUT2D eigenvalue weighted by atomic mass is 32.2. The van der Waals surface area contributed by atoms with E-state index in [-0.39, 0.29) is 23.6 Å². The number of thiocarbonyl (C=S) groups is 1. The average molecular weight is 312 g/mol. The molecule has 20 heavy (non-hydrogen) atoms. The van der Waals surface area contributed by atoms with Crippen molar-refractivity contribution in [2.45, 2.75) is 18.6 Å². The molecule has 7 heteroatoms. The van der Waals surface area contributed by atoms with Crippen molar-refractivity contribution in [3.63, 3.8) is 0 Å². The summed E-state index contributed by atoms with van der Waals surface area (Å²) in [6.45, 7) is 0.618. The van der Waals surface area contributed by atoms with E-state index in [4.69, 9.17) is 17.0 Å². The predicted molar refractivity (Wildman–Crippen MR) is 80.5 cm³/mol. The first-order valence-corrected chi connectivity index (χ1v) is 8.62. The van der Waals surface area contributed by atoms with Crippen molar-refractivity contribution < 1.29 is 13.2 Å². The quantitative estimate of drug-likeness (QED) is 0.823. The van der Waals surface area contributed by atoms with E-state index in [0.717, 1.165) is 11.3 Å². The van der Waals surface area contributed by atoms with Crippen molar-refractivity contribution in [1.29, 1.82) is 0 Å². The monoisotopic (exact) mass is 312 g/mol. The predicted octanol–water partition coefficient (Wildman–Crippen LogP) is 0.551. The Balaban J connectivity index is 1.77. The van der Waals surface area contributed by atoms with Crippen LogP contribution in [0.4, 0.5) is 0 Å². The third-order valence-electron chi connectivity index (χ3n) is 3.80. The van der Waals surface area contributed by atoms with Gasteiger partial charge >= 0.3 is 0 Å². The van der Waals surface area contributed by atoms with E-state index < -0.39 is 9.84 Å². The molecular formula is C13H16N2O3S2. The topological polar surface area (TPSA) is 58.6 Å². The molecule has 0 amide bonds. The molecule has 0 aromatic heterocycles. The number of hydrogen-bond donors (Lipinski definition) is 1. The number of nitrogens with zero attached hydrogens (tertiary/aromatic N) is 1.